The Morgan fingerprint density at radius 2 is 2.19 bits per heavy atom. The summed E-state index contributed by atoms with van der Waals surface area (Å²) < 4.78 is 5.58. The monoisotopic (exact) mass is 382 g/mol. The number of carbonyl (C=O) groups is 1. The molecule has 1 amide bonds. The number of amides is 1. The number of pyridine rings is 2. The first kappa shape index (κ1) is 16.7. The van der Waals surface area contributed by atoms with Gasteiger partial charge in [0.1, 0.15) is 16.5 Å². The first-order chi connectivity index (χ1) is 13.1. The summed E-state index contributed by atoms with van der Waals surface area (Å²) in [7, 11) is 0. The second kappa shape index (κ2) is 6.59. The van der Waals surface area contributed by atoms with Gasteiger partial charge in [0, 0.05) is 30.4 Å². The lowest BCUT2D eigenvalue weighted by atomic mass is 10.2. The molecule has 0 radical (unpaired) electrons. The second-order valence-corrected chi connectivity index (χ2v) is 8.12. The standard InChI is InChI=1S/C18H18N6O2S/c1-10-22-23-18(27-10)15-2-11-3-16(20-6-12(11)5-19-15)21-17(25)8-24-7-14-4-13(24)9-26-14/h2-3,5-6,13-14H,4,7-9H2,1H3,(H,20,21,25)/t13-,14-/m1/s1. The number of ether oxygens (including phenoxy) is 1. The van der Waals surface area contributed by atoms with Gasteiger partial charge in [-0.15, -0.1) is 10.2 Å². The molecule has 138 valence electrons. The van der Waals surface area contributed by atoms with Crippen molar-refractivity contribution in [3.8, 4) is 10.7 Å². The van der Waals surface area contributed by atoms with Crippen LogP contribution >= 0.6 is 11.3 Å². The zero-order chi connectivity index (χ0) is 18.4. The van der Waals surface area contributed by atoms with Crippen molar-refractivity contribution in [2.24, 2.45) is 0 Å². The van der Waals surface area contributed by atoms with E-state index in [1.54, 1.807) is 12.4 Å². The SMILES string of the molecule is Cc1nnc(-c2cc3cc(NC(=O)CN4C[C@H]5C[C@@H]4CO5)ncc3cn2)s1. The highest BCUT2D eigenvalue weighted by Crippen LogP contribution is 2.28. The maximum atomic E-state index is 12.4. The van der Waals surface area contributed by atoms with Crippen molar-refractivity contribution in [2.45, 2.75) is 25.5 Å². The van der Waals surface area contributed by atoms with E-state index in [1.807, 2.05) is 19.1 Å². The predicted octanol–water partition coefficient (Wildman–Crippen LogP) is 1.87. The summed E-state index contributed by atoms with van der Waals surface area (Å²) in [4.78, 5) is 23.4. The minimum Gasteiger partial charge on any atom is -0.375 e. The molecule has 2 saturated heterocycles. The molecule has 5 rings (SSSR count). The molecule has 2 bridgehead atoms. The van der Waals surface area contributed by atoms with Crippen molar-refractivity contribution in [3.05, 3.63) is 29.5 Å². The summed E-state index contributed by atoms with van der Waals surface area (Å²) in [5, 5.41) is 14.6. The second-order valence-electron chi connectivity index (χ2n) is 6.93. The number of anilines is 1. The third-order valence-corrected chi connectivity index (χ3v) is 5.84. The van der Waals surface area contributed by atoms with Gasteiger partial charge in [0.2, 0.25) is 5.91 Å². The smallest absolute Gasteiger partial charge is 0.239 e. The highest BCUT2D eigenvalue weighted by Gasteiger charge is 2.39. The van der Waals surface area contributed by atoms with Crippen LogP contribution in [0.15, 0.2) is 24.5 Å². The molecule has 3 aromatic heterocycles. The van der Waals surface area contributed by atoms with Crippen molar-refractivity contribution in [2.75, 3.05) is 25.0 Å². The van der Waals surface area contributed by atoms with Crippen LogP contribution < -0.4 is 5.32 Å². The molecule has 0 aromatic carbocycles. The lowest BCUT2D eigenvalue weighted by Crippen LogP contribution is -2.41. The third kappa shape index (κ3) is 3.29. The Morgan fingerprint density at radius 1 is 1.30 bits per heavy atom. The normalized spacial score (nSPS) is 21.8. The van der Waals surface area contributed by atoms with Crippen molar-refractivity contribution in [3.63, 3.8) is 0 Å². The summed E-state index contributed by atoms with van der Waals surface area (Å²) in [6, 6.07) is 4.18. The largest absolute Gasteiger partial charge is 0.375 e. The first-order valence-corrected chi connectivity index (χ1v) is 9.67. The van der Waals surface area contributed by atoms with Crippen molar-refractivity contribution >= 4 is 33.8 Å². The number of likely N-dealkylation sites (tertiary alicyclic amines) is 1. The van der Waals surface area contributed by atoms with E-state index >= 15 is 0 Å². The van der Waals surface area contributed by atoms with Gasteiger partial charge in [-0.1, -0.05) is 11.3 Å². The number of rotatable bonds is 4. The molecule has 3 aromatic rings. The Bertz CT molecular complexity index is 1020. The van der Waals surface area contributed by atoms with Gasteiger partial charge in [0.15, 0.2) is 5.01 Å². The van der Waals surface area contributed by atoms with Gasteiger partial charge in [-0.2, -0.15) is 0 Å². The minimum atomic E-state index is -0.0524. The van der Waals surface area contributed by atoms with E-state index in [2.05, 4.69) is 30.4 Å². The fraction of sp³-hybridized carbons (Fsp3) is 0.389. The van der Waals surface area contributed by atoms with Gasteiger partial charge < -0.3 is 10.1 Å². The van der Waals surface area contributed by atoms with Crippen LogP contribution in [0.2, 0.25) is 0 Å². The molecule has 2 aliphatic heterocycles. The Balaban J connectivity index is 1.33. The zero-order valence-corrected chi connectivity index (χ0v) is 15.6. The van der Waals surface area contributed by atoms with E-state index in [4.69, 9.17) is 4.74 Å². The van der Waals surface area contributed by atoms with E-state index in [0.29, 0.717) is 18.4 Å². The molecule has 27 heavy (non-hydrogen) atoms. The minimum absolute atomic E-state index is 0.0524. The van der Waals surface area contributed by atoms with Crippen molar-refractivity contribution in [1.82, 2.24) is 25.1 Å². The van der Waals surface area contributed by atoms with E-state index in [0.717, 1.165) is 46.1 Å². The van der Waals surface area contributed by atoms with Crippen LogP contribution in [-0.2, 0) is 9.53 Å². The summed E-state index contributed by atoms with van der Waals surface area (Å²) in [6.45, 7) is 3.85. The lowest BCUT2D eigenvalue weighted by molar-refractivity contribution is -0.118. The number of nitrogens with one attached hydrogen (secondary N) is 1. The quantitative estimate of drug-likeness (QED) is 0.736. The Morgan fingerprint density at radius 3 is 2.93 bits per heavy atom. The summed E-state index contributed by atoms with van der Waals surface area (Å²) in [6.07, 6.45) is 4.80. The molecule has 9 heteroatoms. The van der Waals surface area contributed by atoms with Gasteiger partial charge in [-0.05, 0) is 30.9 Å². The molecule has 0 unspecified atom stereocenters. The molecule has 1 N–H and O–H groups in total. The summed E-state index contributed by atoms with van der Waals surface area (Å²) in [5.41, 5.74) is 0.768. The average Bonchev–Trinajstić information content (AvgIpc) is 3.38. The molecule has 0 saturated carbocycles. The fourth-order valence-electron chi connectivity index (χ4n) is 3.66. The van der Waals surface area contributed by atoms with Crippen molar-refractivity contribution in [1.29, 1.82) is 0 Å². The highest BCUT2D eigenvalue weighted by molar-refractivity contribution is 7.14. The van der Waals surface area contributed by atoms with E-state index in [9.17, 15) is 4.79 Å². The fourth-order valence-corrected chi connectivity index (χ4v) is 4.32. The Hall–Kier alpha value is -2.49. The Kier molecular flexibility index (Phi) is 4.07. The van der Waals surface area contributed by atoms with Crippen LogP contribution in [0, 0.1) is 6.92 Å². The molecular formula is C18H18N6O2S. The zero-order valence-electron chi connectivity index (χ0n) is 14.8. The molecule has 2 fully saturated rings. The molecular weight excluding hydrogens is 364 g/mol. The van der Waals surface area contributed by atoms with E-state index < -0.39 is 0 Å². The molecule has 5 heterocycles. The van der Waals surface area contributed by atoms with Gasteiger partial charge in [0.25, 0.3) is 0 Å². The van der Waals surface area contributed by atoms with Crippen LogP contribution in [0.5, 0.6) is 0 Å². The van der Waals surface area contributed by atoms with Gasteiger partial charge >= 0.3 is 0 Å². The van der Waals surface area contributed by atoms with Crippen LogP contribution in [0.1, 0.15) is 11.4 Å². The van der Waals surface area contributed by atoms with Gasteiger partial charge in [0.05, 0.1) is 19.3 Å². The molecule has 0 spiro atoms. The van der Waals surface area contributed by atoms with Crippen molar-refractivity contribution < 1.29 is 9.53 Å². The Labute approximate surface area is 159 Å². The van der Waals surface area contributed by atoms with E-state index in [1.165, 1.54) is 11.3 Å². The summed E-state index contributed by atoms with van der Waals surface area (Å²) >= 11 is 1.50. The number of aryl methyl sites for hydroxylation is 1. The number of morpholine rings is 1. The van der Waals surface area contributed by atoms with Crippen LogP contribution in [0.25, 0.3) is 21.5 Å². The number of hydrogen-bond donors (Lipinski definition) is 1. The topological polar surface area (TPSA) is 93.1 Å². The molecule has 0 aliphatic carbocycles. The average molecular weight is 382 g/mol. The molecule has 2 aliphatic rings. The van der Waals surface area contributed by atoms with Crippen LogP contribution in [-0.4, -0.2) is 62.8 Å². The van der Waals surface area contributed by atoms with Gasteiger partial charge in [-0.3, -0.25) is 14.7 Å². The first-order valence-electron chi connectivity index (χ1n) is 8.86. The number of aromatic nitrogens is 4. The summed E-state index contributed by atoms with van der Waals surface area (Å²) in [5.74, 6) is 0.488. The number of fused-ring (bicyclic) bond motifs is 3. The number of nitrogens with zero attached hydrogens (tertiary/aromatic N) is 5. The van der Waals surface area contributed by atoms with Crippen LogP contribution in [0.3, 0.4) is 0 Å². The van der Waals surface area contributed by atoms with Crippen LogP contribution in [0.4, 0.5) is 5.82 Å². The predicted molar refractivity (Wildman–Crippen MR) is 102 cm³/mol. The maximum absolute atomic E-state index is 12.4. The molecule has 2 atom stereocenters. The number of carbonyl (C=O) groups excluding carboxylic acids is 1. The van der Waals surface area contributed by atoms with Gasteiger partial charge in [-0.25, -0.2) is 4.98 Å². The third-order valence-electron chi connectivity index (χ3n) is 4.98. The lowest BCUT2D eigenvalue weighted by Gasteiger charge is -2.25. The maximum Gasteiger partial charge on any atom is 0.239 e. The molecule has 8 nitrogen and oxygen atoms in total. The highest BCUT2D eigenvalue weighted by atomic mass is 32.1. The number of hydrogen-bond acceptors (Lipinski definition) is 8. The van der Waals surface area contributed by atoms with E-state index in [-0.39, 0.29) is 12.0 Å².